The molecule has 2 aromatic rings. The number of halogens is 1. The summed E-state index contributed by atoms with van der Waals surface area (Å²) in [6.45, 7) is 6.28. The average Bonchev–Trinajstić information content (AvgIpc) is 2.83. The summed E-state index contributed by atoms with van der Waals surface area (Å²) in [7, 11) is 3.27. The lowest BCUT2D eigenvalue weighted by atomic mass is 10.0. The van der Waals surface area contributed by atoms with E-state index in [0.29, 0.717) is 24.3 Å². The fourth-order valence-electron chi connectivity index (χ4n) is 4.13. The van der Waals surface area contributed by atoms with Crippen molar-refractivity contribution in [2.24, 2.45) is 5.92 Å². The molecule has 35 heavy (non-hydrogen) atoms. The third-order valence-corrected chi connectivity index (χ3v) is 6.23. The highest BCUT2D eigenvalue weighted by Gasteiger charge is 2.29. The number of carbonyl (C=O) groups excluding carboxylic acids is 3. The van der Waals surface area contributed by atoms with Crippen LogP contribution in [0, 0.1) is 11.7 Å². The number of anilines is 1. The molecule has 1 N–H and O–H groups in total. The number of carbonyl (C=O) groups is 3. The number of hydrogen-bond acceptors (Lipinski definition) is 5. The van der Waals surface area contributed by atoms with Gasteiger partial charge in [-0.2, -0.15) is 0 Å². The minimum atomic E-state index is -0.635. The molecule has 3 atom stereocenters. The summed E-state index contributed by atoms with van der Waals surface area (Å²) < 4.78 is 25.7. The smallest absolute Gasteiger partial charge is 0.258 e. The Kier molecular flexibility index (Phi) is 8.45. The number of nitrogens with one attached hydrogen (secondary N) is 1. The van der Waals surface area contributed by atoms with E-state index >= 15 is 0 Å². The summed E-state index contributed by atoms with van der Waals surface area (Å²) in [6, 6.07) is 10.1. The molecule has 0 saturated heterocycles. The van der Waals surface area contributed by atoms with E-state index in [4.69, 9.17) is 9.47 Å². The van der Waals surface area contributed by atoms with Crippen LogP contribution < -0.4 is 10.1 Å². The lowest BCUT2D eigenvalue weighted by Crippen LogP contribution is -2.48. The van der Waals surface area contributed by atoms with Gasteiger partial charge in [-0.15, -0.1) is 0 Å². The molecule has 0 aliphatic carbocycles. The number of nitrogens with zero attached hydrogens (tertiary/aromatic N) is 2. The maximum atomic E-state index is 14.0. The van der Waals surface area contributed by atoms with Crippen LogP contribution in [0.25, 0.3) is 0 Å². The highest BCUT2D eigenvalue weighted by atomic mass is 19.1. The first-order valence-electron chi connectivity index (χ1n) is 11.5. The molecule has 0 unspecified atom stereocenters. The van der Waals surface area contributed by atoms with Gasteiger partial charge in [0, 0.05) is 51.8 Å². The number of hydrogen-bond donors (Lipinski definition) is 1. The van der Waals surface area contributed by atoms with Crippen molar-refractivity contribution >= 4 is 23.4 Å². The van der Waals surface area contributed by atoms with Crippen molar-refractivity contribution < 1.29 is 28.2 Å². The monoisotopic (exact) mass is 485 g/mol. The van der Waals surface area contributed by atoms with E-state index in [2.05, 4.69) is 5.32 Å². The van der Waals surface area contributed by atoms with Crippen LogP contribution in [0.1, 0.15) is 41.5 Å². The number of methoxy groups -OCH3 is 1. The predicted octanol–water partition coefficient (Wildman–Crippen LogP) is 3.43. The highest BCUT2D eigenvalue weighted by Crippen LogP contribution is 2.27. The van der Waals surface area contributed by atoms with E-state index < -0.39 is 11.7 Å². The van der Waals surface area contributed by atoms with Gasteiger partial charge in [0.05, 0.1) is 23.3 Å². The molecule has 9 heteroatoms. The molecule has 3 rings (SSSR count). The summed E-state index contributed by atoms with van der Waals surface area (Å²) in [5.74, 6) is -1.37. The largest absolute Gasteiger partial charge is 0.491 e. The quantitative estimate of drug-likeness (QED) is 0.720. The van der Waals surface area contributed by atoms with Gasteiger partial charge in [0.2, 0.25) is 5.91 Å². The number of rotatable bonds is 3. The molecule has 3 amide bonds. The van der Waals surface area contributed by atoms with Crippen molar-refractivity contribution in [3.8, 4) is 5.75 Å². The molecule has 0 radical (unpaired) electrons. The number of ether oxygens (including phenoxy) is 2. The molecule has 0 bridgehead atoms. The van der Waals surface area contributed by atoms with Gasteiger partial charge in [-0.05, 0) is 31.2 Å². The fourth-order valence-corrected chi connectivity index (χ4v) is 4.13. The number of benzene rings is 2. The molecule has 0 aromatic heterocycles. The number of amides is 3. The Morgan fingerprint density at radius 2 is 1.86 bits per heavy atom. The minimum absolute atomic E-state index is 0.0172. The van der Waals surface area contributed by atoms with Crippen molar-refractivity contribution in [1.29, 1.82) is 0 Å². The third-order valence-electron chi connectivity index (χ3n) is 6.23. The zero-order valence-electron chi connectivity index (χ0n) is 20.7. The van der Waals surface area contributed by atoms with E-state index in [1.807, 2.05) is 13.8 Å². The summed E-state index contributed by atoms with van der Waals surface area (Å²) in [6.07, 6.45) is -0.277. The van der Waals surface area contributed by atoms with E-state index in [1.165, 1.54) is 31.2 Å². The van der Waals surface area contributed by atoms with E-state index in [9.17, 15) is 18.8 Å². The Morgan fingerprint density at radius 3 is 2.51 bits per heavy atom. The van der Waals surface area contributed by atoms with Gasteiger partial charge in [0.15, 0.2) is 0 Å². The van der Waals surface area contributed by atoms with Crippen LogP contribution in [0.4, 0.5) is 10.1 Å². The van der Waals surface area contributed by atoms with Crippen LogP contribution in [0.15, 0.2) is 42.5 Å². The Morgan fingerprint density at radius 1 is 1.14 bits per heavy atom. The zero-order chi connectivity index (χ0) is 25.7. The van der Waals surface area contributed by atoms with Gasteiger partial charge in [0.25, 0.3) is 11.8 Å². The van der Waals surface area contributed by atoms with Crippen LogP contribution in [-0.4, -0.2) is 73.5 Å². The molecule has 2 aromatic carbocycles. The first kappa shape index (κ1) is 26.2. The maximum absolute atomic E-state index is 14.0. The van der Waals surface area contributed by atoms with Gasteiger partial charge < -0.3 is 24.6 Å². The van der Waals surface area contributed by atoms with Gasteiger partial charge in [-0.25, -0.2) is 4.39 Å². The summed E-state index contributed by atoms with van der Waals surface area (Å²) in [5, 5.41) is 2.65. The van der Waals surface area contributed by atoms with Crippen LogP contribution >= 0.6 is 0 Å². The molecule has 0 spiro atoms. The van der Waals surface area contributed by atoms with Crippen LogP contribution in [0.5, 0.6) is 5.75 Å². The first-order chi connectivity index (χ1) is 16.6. The van der Waals surface area contributed by atoms with Crippen molar-refractivity contribution in [2.45, 2.75) is 32.9 Å². The molecule has 1 aliphatic rings. The van der Waals surface area contributed by atoms with Crippen molar-refractivity contribution in [1.82, 2.24) is 9.80 Å². The Bertz CT molecular complexity index is 1090. The Hall–Kier alpha value is -3.46. The topological polar surface area (TPSA) is 88.2 Å². The van der Waals surface area contributed by atoms with Gasteiger partial charge in [0.1, 0.15) is 18.2 Å². The van der Waals surface area contributed by atoms with Crippen LogP contribution in [0.3, 0.4) is 0 Å². The standard InChI is InChI=1S/C26H32FN3O5/c1-16-13-30(18(3)31)17(2)15-35-23-12-19(28-25(32)20-8-6-7-9-22(20)27)10-11-21(23)26(33)29(4)14-24(16)34-5/h6-12,16-17,24H,13-15H2,1-5H3,(H,28,32)/t16-,17+,24-/m0/s1. The second-order valence-corrected chi connectivity index (χ2v) is 8.91. The second-order valence-electron chi connectivity index (χ2n) is 8.91. The van der Waals surface area contributed by atoms with Gasteiger partial charge >= 0.3 is 0 Å². The fraction of sp³-hybridized carbons (Fsp3) is 0.423. The lowest BCUT2D eigenvalue weighted by molar-refractivity contribution is -0.133. The lowest BCUT2D eigenvalue weighted by Gasteiger charge is -2.35. The SMILES string of the molecule is CO[C@H]1CN(C)C(=O)c2ccc(NC(=O)c3ccccc3F)cc2OC[C@@H](C)N(C(C)=O)C[C@@H]1C. The Labute approximate surface area is 205 Å². The van der Waals surface area contributed by atoms with E-state index in [1.54, 1.807) is 42.2 Å². The molecule has 188 valence electrons. The van der Waals surface area contributed by atoms with Crippen molar-refractivity contribution in [3.63, 3.8) is 0 Å². The first-order valence-corrected chi connectivity index (χ1v) is 11.5. The summed E-state index contributed by atoms with van der Waals surface area (Å²) in [4.78, 5) is 41.5. The molecule has 1 aliphatic heterocycles. The maximum Gasteiger partial charge on any atom is 0.258 e. The third kappa shape index (κ3) is 6.16. The second kappa shape index (κ2) is 11.3. The van der Waals surface area contributed by atoms with Gasteiger partial charge in [-0.3, -0.25) is 14.4 Å². The molecule has 8 nitrogen and oxygen atoms in total. The van der Waals surface area contributed by atoms with Crippen molar-refractivity contribution in [2.75, 3.05) is 39.2 Å². The molecule has 0 fully saturated rings. The van der Waals surface area contributed by atoms with E-state index in [-0.39, 0.29) is 47.8 Å². The molecular formula is C26H32FN3O5. The summed E-state index contributed by atoms with van der Waals surface area (Å²) in [5.41, 5.74) is 0.558. The predicted molar refractivity (Wildman–Crippen MR) is 130 cm³/mol. The summed E-state index contributed by atoms with van der Waals surface area (Å²) >= 11 is 0. The number of fused-ring (bicyclic) bond motifs is 1. The normalized spacial score (nSPS) is 21.3. The zero-order valence-corrected chi connectivity index (χ0v) is 20.7. The van der Waals surface area contributed by atoms with Gasteiger partial charge in [-0.1, -0.05) is 19.1 Å². The number of likely N-dealkylation sites (N-methyl/N-ethyl adjacent to an activating group) is 1. The molecule has 1 heterocycles. The van der Waals surface area contributed by atoms with E-state index in [0.717, 1.165) is 0 Å². The Balaban J connectivity index is 1.95. The minimum Gasteiger partial charge on any atom is -0.491 e. The average molecular weight is 486 g/mol. The highest BCUT2D eigenvalue weighted by molar-refractivity contribution is 6.05. The molecular weight excluding hydrogens is 453 g/mol. The molecule has 0 saturated carbocycles. The van der Waals surface area contributed by atoms with Crippen LogP contribution in [-0.2, 0) is 9.53 Å². The van der Waals surface area contributed by atoms with Crippen LogP contribution in [0.2, 0.25) is 0 Å². The van der Waals surface area contributed by atoms with Crippen molar-refractivity contribution in [3.05, 3.63) is 59.4 Å².